The van der Waals surface area contributed by atoms with Crippen LogP contribution in [0.2, 0.25) is 10.0 Å². The van der Waals surface area contributed by atoms with Crippen LogP contribution >= 0.6 is 23.2 Å². The Kier molecular flexibility index (Phi) is 3.27. The van der Waals surface area contributed by atoms with E-state index in [0.717, 1.165) is 0 Å². The highest BCUT2D eigenvalue weighted by atomic mass is 35.5. The number of hydrogen-bond acceptors (Lipinski definition) is 5. The van der Waals surface area contributed by atoms with E-state index in [4.69, 9.17) is 38.5 Å². The molecule has 0 heterocycles. The van der Waals surface area contributed by atoms with E-state index in [1.165, 1.54) is 18.2 Å². The van der Waals surface area contributed by atoms with Gasteiger partial charge in [-0.1, -0.05) is 29.3 Å². The summed E-state index contributed by atoms with van der Waals surface area (Å²) >= 11 is 11.2. The van der Waals surface area contributed by atoms with Crippen molar-refractivity contribution in [1.29, 1.82) is 0 Å². The summed E-state index contributed by atoms with van der Waals surface area (Å²) in [5, 5.41) is 44.4. The van der Waals surface area contributed by atoms with E-state index >= 15 is 0 Å². The molecule has 0 aliphatic carbocycles. The molecule has 0 radical (unpaired) electrons. The summed E-state index contributed by atoms with van der Waals surface area (Å²) in [7, 11) is 0. The van der Waals surface area contributed by atoms with E-state index < -0.39 is 17.3 Å². The Bertz CT molecular complexity index is 352. The molecule has 0 aliphatic heterocycles. The van der Waals surface area contributed by atoms with Gasteiger partial charge in [-0.2, -0.15) is 0 Å². The number of hydrogen-bond donors (Lipinski definition) is 5. The van der Waals surface area contributed by atoms with E-state index in [2.05, 4.69) is 0 Å². The van der Waals surface area contributed by atoms with Gasteiger partial charge < -0.3 is 25.5 Å². The average molecular weight is 255 g/mol. The minimum atomic E-state index is -3.78. The number of halogens is 2. The van der Waals surface area contributed by atoms with Crippen molar-refractivity contribution < 1.29 is 25.5 Å². The Morgan fingerprint density at radius 3 is 1.60 bits per heavy atom. The van der Waals surface area contributed by atoms with Crippen LogP contribution in [-0.4, -0.2) is 31.5 Å². The van der Waals surface area contributed by atoms with Crippen molar-refractivity contribution >= 4 is 23.2 Å². The second-order valence-corrected chi connectivity index (χ2v) is 3.72. The minimum absolute atomic E-state index is 0.228. The number of rotatable bonds is 2. The van der Waals surface area contributed by atoms with Crippen molar-refractivity contribution in [2.75, 3.05) is 0 Å². The Hall–Kier alpha value is -0.400. The monoisotopic (exact) mass is 254 g/mol. The SMILES string of the molecule is OC(O)(O)C(O)(O)c1c(Cl)cccc1Cl. The smallest absolute Gasteiger partial charge is 0.337 e. The molecule has 0 spiro atoms. The first kappa shape index (κ1) is 12.7. The van der Waals surface area contributed by atoms with E-state index in [-0.39, 0.29) is 10.0 Å². The molecule has 1 aromatic rings. The van der Waals surface area contributed by atoms with Crippen molar-refractivity contribution in [2.24, 2.45) is 0 Å². The molecule has 15 heavy (non-hydrogen) atoms. The van der Waals surface area contributed by atoms with Crippen LogP contribution in [0.1, 0.15) is 5.56 Å². The van der Waals surface area contributed by atoms with E-state index in [9.17, 15) is 10.2 Å². The lowest BCUT2D eigenvalue weighted by molar-refractivity contribution is -0.454. The van der Waals surface area contributed by atoms with Crippen LogP contribution in [0.25, 0.3) is 0 Å². The molecular formula is C8H8Cl2O5. The van der Waals surface area contributed by atoms with Crippen molar-refractivity contribution in [2.45, 2.75) is 11.8 Å². The van der Waals surface area contributed by atoms with Crippen molar-refractivity contribution in [3.05, 3.63) is 33.8 Å². The molecule has 1 aromatic carbocycles. The Morgan fingerprint density at radius 1 is 0.867 bits per heavy atom. The molecule has 0 unspecified atom stereocenters. The predicted molar refractivity (Wildman–Crippen MR) is 52.0 cm³/mol. The van der Waals surface area contributed by atoms with Crippen LogP contribution in [0.3, 0.4) is 0 Å². The number of aliphatic hydroxyl groups is 5. The molecule has 5 nitrogen and oxygen atoms in total. The largest absolute Gasteiger partial charge is 0.356 e. The zero-order valence-electron chi connectivity index (χ0n) is 7.22. The van der Waals surface area contributed by atoms with Gasteiger partial charge in [-0.05, 0) is 12.1 Å². The van der Waals surface area contributed by atoms with Gasteiger partial charge in [0.15, 0.2) is 0 Å². The zero-order valence-corrected chi connectivity index (χ0v) is 8.74. The summed E-state index contributed by atoms with van der Waals surface area (Å²) in [6.45, 7) is 0. The molecule has 0 fully saturated rings. The fraction of sp³-hybridized carbons (Fsp3) is 0.250. The van der Waals surface area contributed by atoms with Crippen molar-refractivity contribution in [1.82, 2.24) is 0 Å². The molecule has 0 amide bonds. The Labute approximate surface area is 94.7 Å². The van der Waals surface area contributed by atoms with Crippen LogP contribution in [0.5, 0.6) is 0 Å². The van der Waals surface area contributed by atoms with E-state index in [1.54, 1.807) is 0 Å². The molecule has 1 rings (SSSR count). The lowest BCUT2D eigenvalue weighted by Crippen LogP contribution is -2.52. The highest BCUT2D eigenvalue weighted by Crippen LogP contribution is 2.37. The van der Waals surface area contributed by atoms with E-state index in [0.29, 0.717) is 0 Å². The molecular weight excluding hydrogens is 247 g/mol. The summed E-state index contributed by atoms with van der Waals surface area (Å²) in [5.41, 5.74) is -0.596. The van der Waals surface area contributed by atoms with Crippen molar-refractivity contribution in [3.63, 3.8) is 0 Å². The van der Waals surface area contributed by atoms with Crippen LogP contribution in [0.4, 0.5) is 0 Å². The molecule has 0 atom stereocenters. The maximum atomic E-state index is 9.32. The van der Waals surface area contributed by atoms with Gasteiger partial charge >= 0.3 is 5.97 Å². The summed E-state index contributed by atoms with van der Waals surface area (Å²) < 4.78 is 0. The van der Waals surface area contributed by atoms with Crippen LogP contribution in [0.15, 0.2) is 18.2 Å². The molecule has 0 saturated carbocycles. The minimum Gasteiger partial charge on any atom is -0.356 e. The first-order chi connectivity index (χ1) is 6.68. The van der Waals surface area contributed by atoms with Crippen LogP contribution < -0.4 is 0 Å². The van der Waals surface area contributed by atoms with Gasteiger partial charge in [0.05, 0.1) is 15.6 Å². The zero-order chi connectivity index (χ0) is 11.9. The third-order valence-electron chi connectivity index (χ3n) is 1.78. The summed E-state index contributed by atoms with van der Waals surface area (Å²) in [4.78, 5) is 0. The fourth-order valence-electron chi connectivity index (χ4n) is 0.999. The fourth-order valence-corrected chi connectivity index (χ4v) is 1.66. The highest BCUT2D eigenvalue weighted by Gasteiger charge is 2.50. The van der Waals surface area contributed by atoms with Gasteiger partial charge in [-0.25, -0.2) is 0 Å². The first-order valence-electron chi connectivity index (χ1n) is 3.74. The van der Waals surface area contributed by atoms with Gasteiger partial charge in [0.2, 0.25) is 0 Å². The highest BCUT2D eigenvalue weighted by molar-refractivity contribution is 6.36. The third kappa shape index (κ3) is 2.24. The molecule has 5 N–H and O–H groups in total. The van der Waals surface area contributed by atoms with Gasteiger partial charge in [-0.3, -0.25) is 0 Å². The summed E-state index contributed by atoms with van der Waals surface area (Å²) in [5.74, 6) is -7.16. The second kappa shape index (κ2) is 3.88. The van der Waals surface area contributed by atoms with Gasteiger partial charge in [0.1, 0.15) is 0 Å². The molecule has 0 bridgehead atoms. The summed E-state index contributed by atoms with van der Waals surface area (Å²) in [6.07, 6.45) is 0. The predicted octanol–water partition coefficient (Wildman–Crippen LogP) is -0.238. The van der Waals surface area contributed by atoms with Gasteiger partial charge in [-0.15, -0.1) is 0 Å². The maximum Gasteiger partial charge on any atom is 0.337 e. The third-order valence-corrected chi connectivity index (χ3v) is 2.41. The lowest BCUT2D eigenvalue weighted by atomic mass is 10.0. The quantitative estimate of drug-likeness (QED) is 0.469. The van der Waals surface area contributed by atoms with Gasteiger partial charge in [0.25, 0.3) is 5.79 Å². The second-order valence-electron chi connectivity index (χ2n) is 2.90. The Morgan fingerprint density at radius 2 is 1.27 bits per heavy atom. The maximum absolute atomic E-state index is 9.32. The topological polar surface area (TPSA) is 101 Å². The van der Waals surface area contributed by atoms with Crippen LogP contribution in [-0.2, 0) is 5.79 Å². The molecule has 0 saturated heterocycles. The normalized spacial score (nSPS) is 13.0. The van der Waals surface area contributed by atoms with Crippen LogP contribution in [0, 0.1) is 0 Å². The average Bonchev–Trinajstić information content (AvgIpc) is 2.00. The Balaban J connectivity index is 3.39. The number of benzene rings is 1. The molecule has 84 valence electrons. The molecule has 0 aromatic heterocycles. The standard InChI is InChI=1S/C8H8Cl2O5/c9-4-2-1-3-5(10)6(4)7(11,12)8(13,14)15/h1-3,11-15H. The molecule has 7 heteroatoms. The molecule has 0 aliphatic rings. The lowest BCUT2D eigenvalue weighted by Gasteiger charge is -2.31. The van der Waals surface area contributed by atoms with Gasteiger partial charge in [0, 0.05) is 0 Å². The first-order valence-corrected chi connectivity index (χ1v) is 4.50. The summed E-state index contributed by atoms with van der Waals surface area (Å²) in [6, 6.07) is 3.91. The van der Waals surface area contributed by atoms with E-state index in [1.807, 2.05) is 0 Å². The van der Waals surface area contributed by atoms with Crippen molar-refractivity contribution in [3.8, 4) is 0 Å².